The van der Waals surface area contributed by atoms with Gasteiger partial charge in [0.1, 0.15) is 17.5 Å². The first-order valence-corrected chi connectivity index (χ1v) is 14.0. The van der Waals surface area contributed by atoms with Gasteiger partial charge in [0, 0.05) is 61.7 Å². The fourth-order valence-electron chi connectivity index (χ4n) is 4.23. The fourth-order valence-corrected chi connectivity index (χ4v) is 5.03. The lowest BCUT2D eigenvalue weighted by atomic mass is 10.0. The van der Waals surface area contributed by atoms with E-state index < -0.39 is 17.8 Å². The number of rotatable bonds is 9. The third-order valence-corrected chi connectivity index (χ3v) is 6.90. The van der Waals surface area contributed by atoms with E-state index in [2.05, 4.69) is 10.2 Å². The molecule has 1 atom stereocenters. The van der Waals surface area contributed by atoms with Gasteiger partial charge >= 0.3 is 6.16 Å². The number of thiophene rings is 1. The van der Waals surface area contributed by atoms with Crippen LogP contribution in [0.2, 0.25) is 0 Å². The molecule has 3 rings (SSSR count). The maximum absolute atomic E-state index is 15.2. The zero-order valence-corrected chi connectivity index (χ0v) is 24.3. The summed E-state index contributed by atoms with van der Waals surface area (Å²) in [7, 11) is 1.45. The van der Waals surface area contributed by atoms with Gasteiger partial charge in [0.25, 0.3) is 5.91 Å². The van der Waals surface area contributed by atoms with Crippen molar-refractivity contribution >= 4 is 29.1 Å². The quantitative estimate of drug-likeness (QED) is 0.251. The van der Waals surface area contributed by atoms with E-state index in [-0.39, 0.29) is 17.6 Å². The number of halogens is 1. The van der Waals surface area contributed by atoms with Gasteiger partial charge in [-0.2, -0.15) is 5.26 Å². The maximum Gasteiger partial charge on any atom is 0.528 e. The molecule has 1 aliphatic heterocycles. The SMILES string of the molecule is CC(C)CC(Nc1cscc1-c1ccc(CN2CCN(OC(=O)OC(C)(C)C)CC2)c(F)c1)C(=O)N(C)C#N. The lowest BCUT2D eigenvalue weighted by Gasteiger charge is -2.33. The number of anilines is 1. The summed E-state index contributed by atoms with van der Waals surface area (Å²) in [6, 6.07) is 4.62. The molecule has 2 heterocycles. The number of benzene rings is 1. The molecule has 212 valence electrons. The van der Waals surface area contributed by atoms with Gasteiger partial charge in [-0.15, -0.1) is 16.4 Å². The van der Waals surface area contributed by atoms with Crippen LogP contribution in [-0.4, -0.2) is 71.8 Å². The number of hydrogen-bond acceptors (Lipinski definition) is 9. The molecule has 0 spiro atoms. The molecular weight excluding hydrogens is 521 g/mol. The summed E-state index contributed by atoms with van der Waals surface area (Å²) < 4.78 is 20.4. The fraction of sp³-hybridized carbons (Fsp3) is 0.536. The molecular formula is C28H38FN5O4S. The van der Waals surface area contributed by atoms with Crippen LogP contribution in [-0.2, 0) is 20.9 Å². The van der Waals surface area contributed by atoms with Crippen molar-refractivity contribution in [2.24, 2.45) is 5.92 Å². The van der Waals surface area contributed by atoms with Crippen molar-refractivity contribution in [3.63, 3.8) is 0 Å². The first-order valence-electron chi connectivity index (χ1n) is 13.0. The van der Waals surface area contributed by atoms with Gasteiger partial charge in [-0.1, -0.05) is 26.0 Å². The van der Waals surface area contributed by atoms with Crippen LogP contribution >= 0.6 is 11.3 Å². The summed E-state index contributed by atoms with van der Waals surface area (Å²) in [5.74, 6) is -0.374. The van der Waals surface area contributed by atoms with Crippen LogP contribution in [0.5, 0.6) is 0 Å². The number of hydroxylamine groups is 2. The molecule has 0 bridgehead atoms. The minimum Gasteiger partial charge on any atom is -0.427 e. The number of nitriles is 1. The Labute approximate surface area is 234 Å². The van der Waals surface area contributed by atoms with Crippen molar-refractivity contribution in [1.82, 2.24) is 14.9 Å². The molecule has 9 nitrogen and oxygen atoms in total. The van der Waals surface area contributed by atoms with E-state index >= 15 is 4.39 Å². The predicted molar refractivity (Wildman–Crippen MR) is 149 cm³/mol. The molecule has 1 unspecified atom stereocenters. The molecule has 1 amide bonds. The van der Waals surface area contributed by atoms with Gasteiger partial charge < -0.3 is 14.9 Å². The van der Waals surface area contributed by atoms with Crippen molar-refractivity contribution < 1.29 is 23.6 Å². The monoisotopic (exact) mass is 559 g/mol. The van der Waals surface area contributed by atoms with Crippen LogP contribution in [0.25, 0.3) is 11.1 Å². The number of amides is 1. The Morgan fingerprint density at radius 1 is 1.21 bits per heavy atom. The normalized spacial score (nSPS) is 15.5. The summed E-state index contributed by atoms with van der Waals surface area (Å²) >= 11 is 1.46. The number of carbonyl (C=O) groups excluding carboxylic acids is 2. The van der Waals surface area contributed by atoms with Gasteiger partial charge in [0.15, 0.2) is 6.19 Å². The van der Waals surface area contributed by atoms with Crippen molar-refractivity contribution in [2.75, 3.05) is 38.5 Å². The molecule has 39 heavy (non-hydrogen) atoms. The number of piperazine rings is 1. The van der Waals surface area contributed by atoms with Crippen LogP contribution < -0.4 is 5.32 Å². The van der Waals surface area contributed by atoms with Crippen LogP contribution in [0.15, 0.2) is 29.0 Å². The molecule has 1 fully saturated rings. The molecule has 2 aromatic rings. The maximum atomic E-state index is 15.2. The number of nitrogens with one attached hydrogen (secondary N) is 1. The lowest BCUT2D eigenvalue weighted by Crippen LogP contribution is -2.47. The summed E-state index contributed by atoms with van der Waals surface area (Å²) in [4.78, 5) is 33.0. The van der Waals surface area contributed by atoms with E-state index in [1.807, 2.05) is 36.9 Å². The smallest absolute Gasteiger partial charge is 0.427 e. The first-order chi connectivity index (χ1) is 18.4. The molecule has 1 aromatic carbocycles. The highest BCUT2D eigenvalue weighted by molar-refractivity contribution is 7.08. The van der Waals surface area contributed by atoms with E-state index in [1.165, 1.54) is 24.5 Å². The van der Waals surface area contributed by atoms with Gasteiger partial charge in [-0.05, 0) is 44.7 Å². The van der Waals surface area contributed by atoms with E-state index in [0.29, 0.717) is 50.3 Å². The zero-order valence-electron chi connectivity index (χ0n) is 23.5. The van der Waals surface area contributed by atoms with Gasteiger partial charge in [-0.25, -0.2) is 9.18 Å². The average molecular weight is 560 g/mol. The molecule has 1 aromatic heterocycles. The summed E-state index contributed by atoms with van der Waals surface area (Å²) in [6.45, 7) is 12.0. The van der Waals surface area contributed by atoms with E-state index in [9.17, 15) is 9.59 Å². The van der Waals surface area contributed by atoms with Gasteiger partial charge in [0.05, 0.1) is 5.69 Å². The Balaban J connectivity index is 1.63. The molecule has 1 N–H and O–H groups in total. The topological polar surface area (TPSA) is 98.1 Å². The van der Waals surface area contributed by atoms with Crippen LogP contribution in [0.1, 0.15) is 46.6 Å². The Morgan fingerprint density at radius 3 is 2.49 bits per heavy atom. The number of carbonyl (C=O) groups is 2. The molecule has 0 radical (unpaired) electrons. The highest BCUT2D eigenvalue weighted by Crippen LogP contribution is 2.34. The highest BCUT2D eigenvalue weighted by atomic mass is 32.1. The largest absolute Gasteiger partial charge is 0.528 e. The van der Waals surface area contributed by atoms with Crippen molar-refractivity contribution in [3.8, 4) is 17.3 Å². The number of ether oxygens (including phenoxy) is 1. The van der Waals surface area contributed by atoms with Gasteiger partial charge in [-0.3, -0.25) is 14.6 Å². The second-order valence-corrected chi connectivity index (χ2v) is 11.8. The Kier molecular flexibility index (Phi) is 10.3. The summed E-state index contributed by atoms with van der Waals surface area (Å²) in [5.41, 5.74) is 2.20. The second kappa shape index (κ2) is 13.2. The Bertz CT molecular complexity index is 1180. The van der Waals surface area contributed by atoms with E-state index in [4.69, 9.17) is 14.8 Å². The van der Waals surface area contributed by atoms with Crippen molar-refractivity contribution in [2.45, 2.75) is 59.2 Å². The van der Waals surface area contributed by atoms with E-state index in [1.54, 1.807) is 31.9 Å². The third kappa shape index (κ3) is 8.92. The van der Waals surface area contributed by atoms with Crippen molar-refractivity contribution in [1.29, 1.82) is 5.26 Å². The molecule has 11 heteroatoms. The van der Waals surface area contributed by atoms with Crippen LogP contribution in [0.3, 0.4) is 0 Å². The third-order valence-electron chi connectivity index (χ3n) is 6.16. The highest BCUT2D eigenvalue weighted by Gasteiger charge is 2.26. The molecule has 1 saturated heterocycles. The standard InChI is InChI=1S/C28H38FN5O4S/c1-19(2)13-24(26(35)32(6)18-30)31-25-17-39-16-22(25)20-7-8-21(23(29)14-20)15-33-9-11-34(12-10-33)38-27(36)37-28(3,4)5/h7-8,14,16-17,19,24,31H,9-13,15H2,1-6H3. The number of nitrogens with zero attached hydrogens (tertiary/aromatic N) is 4. The van der Waals surface area contributed by atoms with Crippen LogP contribution in [0, 0.1) is 23.2 Å². The lowest BCUT2D eigenvalue weighted by molar-refractivity contribution is -0.158. The molecule has 0 saturated carbocycles. The van der Waals surface area contributed by atoms with Crippen molar-refractivity contribution in [3.05, 3.63) is 40.3 Å². The average Bonchev–Trinajstić information content (AvgIpc) is 3.31. The molecule has 1 aliphatic rings. The minimum atomic E-state index is -0.725. The Hall–Kier alpha value is -3.20. The number of hydrogen-bond donors (Lipinski definition) is 1. The van der Waals surface area contributed by atoms with E-state index in [0.717, 1.165) is 16.2 Å². The van der Waals surface area contributed by atoms with Gasteiger partial charge in [0.2, 0.25) is 0 Å². The second-order valence-electron chi connectivity index (χ2n) is 11.1. The first kappa shape index (κ1) is 30.3. The Morgan fingerprint density at radius 2 is 1.90 bits per heavy atom. The summed E-state index contributed by atoms with van der Waals surface area (Å²) in [6.07, 6.45) is 1.71. The molecule has 0 aliphatic carbocycles. The zero-order chi connectivity index (χ0) is 28.7. The predicted octanol–water partition coefficient (Wildman–Crippen LogP) is 5.30. The van der Waals surface area contributed by atoms with Crippen LogP contribution in [0.4, 0.5) is 14.9 Å². The summed E-state index contributed by atoms with van der Waals surface area (Å²) in [5, 5.41) is 17.8. The minimum absolute atomic E-state index is 0.239. The number of likely N-dealkylation sites (N-methyl/N-ethyl adjacent to an activating group) is 1.